The number of aliphatic hydroxyl groups excluding tert-OH is 1. The molecule has 0 bridgehead atoms. The molecule has 1 aliphatic carbocycles. The zero-order valence-electron chi connectivity index (χ0n) is 18.4. The molecule has 0 aromatic heterocycles. The maximum atomic E-state index is 15.1. The van der Waals surface area contributed by atoms with Crippen LogP contribution in [0, 0.1) is 11.7 Å². The van der Waals surface area contributed by atoms with Gasteiger partial charge >= 0.3 is 5.97 Å². The maximum absolute atomic E-state index is 15.1. The van der Waals surface area contributed by atoms with E-state index < -0.39 is 5.97 Å². The number of rotatable bonds is 9. The topological polar surface area (TPSA) is 46.5 Å². The lowest BCUT2D eigenvalue weighted by molar-refractivity contribution is -0.137. The van der Waals surface area contributed by atoms with Crippen molar-refractivity contribution in [2.45, 2.75) is 57.8 Å². The molecule has 3 rings (SSSR count). The van der Waals surface area contributed by atoms with Gasteiger partial charge in [-0.2, -0.15) is 0 Å². The van der Waals surface area contributed by atoms with Crippen molar-refractivity contribution in [3.05, 3.63) is 71.6 Å². The molecule has 0 aliphatic heterocycles. The van der Waals surface area contributed by atoms with Gasteiger partial charge in [0.05, 0.1) is 6.61 Å². The van der Waals surface area contributed by atoms with Crippen LogP contribution in [-0.2, 0) is 22.4 Å². The summed E-state index contributed by atoms with van der Waals surface area (Å²) in [4.78, 5) is 11.2. The first-order valence-corrected chi connectivity index (χ1v) is 11.3. The number of halogens is 1. The highest BCUT2D eigenvalue weighted by Crippen LogP contribution is 2.37. The Kier molecular flexibility index (Phi) is 8.42. The molecule has 0 radical (unpaired) electrons. The van der Waals surface area contributed by atoms with Crippen LogP contribution < -0.4 is 0 Å². The van der Waals surface area contributed by atoms with Crippen LogP contribution in [0.25, 0.3) is 11.1 Å². The number of esters is 1. The SMILES string of the molecule is C=CC(=O)OCCCc1cc(-c2ccc(C3CCC(C)CC3)cc2F)ccc1CCO. The fraction of sp³-hybridized carbons (Fsp3) is 0.444. The predicted molar refractivity (Wildman–Crippen MR) is 122 cm³/mol. The molecule has 31 heavy (non-hydrogen) atoms. The van der Waals surface area contributed by atoms with Crippen molar-refractivity contribution in [1.29, 1.82) is 0 Å². The molecule has 1 N–H and O–H groups in total. The lowest BCUT2D eigenvalue weighted by Gasteiger charge is -2.26. The Morgan fingerprint density at radius 3 is 2.58 bits per heavy atom. The van der Waals surface area contributed by atoms with Gasteiger partial charge in [-0.1, -0.05) is 56.7 Å². The van der Waals surface area contributed by atoms with Crippen LogP contribution in [0.1, 0.15) is 61.6 Å². The van der Waals surface area contributed by atoms with Crippen LogP contribution in [0.15, 0.2) is 49.1 Å². The molecule has 0 atom stereocenters. The number of ether oxygens (including phenoxy) is 1. The molecule has 1 fully saturated rings. The molecule has 4 heteroatoms. The summed E-state index contributed by atoms with van der Waals surface area (Å²) in [6.45, 7) is 6.04. The minimum absolute atomic E-state index is 0.0564. The van der Waals surface area contributed by atoms with Crippen molar-refractivity contribution in [1.82, 2.24) is 0 Å². The van der Waals surface area contributed by atoms with Gasteiger partial charge in [-0.15, -0.1) is 0 Å². The Hall–Kier alpha value is -2.46. The van der Waals surface area contributed by atoms with Gasteiger partial charge in [0.25, 0.3) is 0 Å². The highest BCUT2D eigenvalue weighted by atomic mass is 19.1. The van der Waals surface area contributed by atoms with E-state index in [2.05, 4.69) is 19.6 Å². The summed E-state index contributed by atoms with van der Waals surface area (Å²) in [5, 5.41) is 9.38. The second-order valence-electron chi connectivity index (χ2n) is 8.63. The summed E-state index contributed by atoms with van der Waals surface area (Å²) in [7, 11) is 0. The van der Waals surface area contributed by atoms with Crippen molar-refractivity contribution in [3.8, 4) is 11.1 Å². The van der Waals surface area contributed by atoms with Crippen LogP contribution in [0.2, 0.25) is 0 Å². The Bertz CT molecular complexity index is 897. The van der Waals surface area contributed by atoms with Gasteiger partial charge in [-0.25, -0.2) is 9.18 Å². The van der Waals surface area contributed by atoms with Crippen molar-refractivity contribution in [2.75, 3.05) is 13.2 Å². The number of carbonyl (C=O) groups is 1. The Balaban J connectivity index is 1.76. The van der Waals surface area contributed by atoms with Crippen LogP contribution in [-0.4, -0.2) is 24.3 Å². The minimum atomic E-state index is -0.432. The fourth-order valence-electron chi connectivity index (χ4n) is 4.50. The molecular weight excluding hydrogens is 391 g/mol. The summed E-state index contributed by atoms with van der Waals surface area (Å²) in [6, 6.07) is 11.6. The molecule has 0 heterocycles. The van der Waals surface area contributed by atoms with Gasteiger partial charge in [0.1, 0.15) is 5.82 Å². The maximum Gasteiger partial charge on any atom is 0.330 e. The lowest BCUT2D eigenvalue weighted by atomic mass is 9.79. The fourth-order valence-corrected chi connectivity index (χ4v) is 4.50. The van der Waals surface area contributed by atoms with Crippen molar-refractivity contribution in [2.24, 2.45) is 5.92 Å². The monoisotopic (exact) mass is 424 g/mol. The molecule has 1 aliphatic rings. The summed E-state index contributed by atoms with van der Waals surface area (Å²) in [6.07, 6.45) is 7.74. The minimum Gasteiger partial charge on any atom is -0.463 e. The predicted octanol–water partition coefficient (Wildman–Crippen LogP) is 5.98. The van der Waals surface area contributed by atoms with E-state index in [1.807, 2.05) is 24.3 Å². The van der Waals surface area contributed by atoms with Crippen molar-refractivity contribution >= 4 is 5.97 Å². The highest BCUT2D eigenvalue weighted by molar-refractivity contribution is 5.81. The standard InChI is InChI=1S/C27H33FO3/c1-3-27(30)31-16-4-5-22-17-24(11-10-21(22)14-15-29)25-13-12-23(18-26(25)28)20-8-6-19(2)7-9-20/h3,10-13,17-20,29H,1,4-9,14-16H2,2H3. The Labute approximate surface area is 185 Å². The number of benzene rings is 2. The first-order valence-electron chi connectivity index (χ1n) is 11.3. The van der Waals surface area contributed by atoms with Gasteiger partial charge in [0.15, 0.2) is 0 Å². The number of aliphatic hydroxyl groups is 1. The smallest absolute Gasteiger partial charge is 0.330 e. The summed E-state index contributed by atoms with van der Waals surface area (Å²) in [5.74, 6) is 0.618. The van der Waals surface area contributed by atoms with E-state index in [0.29, 0.717) is 37.4 Å². The number of carbonyl (C=O) groups excluding carboxylic acids is 1. The number of hydrogen-bond donors (Lipinski definition) is 1. The van der Waals surface area contributed by atoms with Crippen LogP contribution in [0.5, 0.6) is 0 Å². The Morgan fingerprint density at radius 1 is 1.13 bits per heavy atom. The second-order valence-corrected chi connectivity index (χ2v) is 8.63. The van der Waals surface area contributed by atoms with Crippen LogP contribution >= 0.6 is 0 Å². The third-order valence-corrected chi connectivity index (χ3v) is 6.38. The molecule has 0 amide bonds. The van der Waals surface area contributed by atoms with E-state index >= 15 is 4.39 Å². The molecule has 1 saturated carbocycles. The average molecular weight is 425 g/mol. The van der Waals surface area contributed by atoms with E-state index in [-0.39, 0.29) is 12.4 Å². The van der Waals surface area contributed by atoms with Gasteiger partial charge in [0, 0.05) is 18.2 Å². The Morgan fingerprint density at radius 2 is 1.90 bits per heavy atom. The van der Waals surface area contributed by atoms with Gasteiger partial charge in [-0.3, -0.25) is 0 Å². The van der Waals surface area contributed by atoms with E-state index in [1.165, 1.54) is 12.8 Å². The van der Waals surface area contributed by atoms with E-state index in [9.17, 15) is 9.90 Å². The number of aryl methyl sites for hydroxylation is 1. The molecular formula is C27H33FO3. The van der Waals surface area contributed by atoms with Gasteiger partial charge < -0.3 is 9.84 Å². The van der Waals surface area contributed by atoms with E-state index in [1.54, 1.807) is 6.07 Å². The largest absolute Gasteiger partial charge is 0.463 e. The molecule has 0 saturated heterocycles. The molecule has 166 valence electrons. The molecule has 3 nitrogen and oxygen atoms in total. The molecule has 0 spiro atoms. The lowest BCUT2D eigenvalue weighted by Crippen LogP contribution is -2.11. The quantitative estimate of drug-likeness (QED) is 0.306. The molecule has 0 unspecified atom stereocenters. The summed E-state index contributed by atoms with van der Waals surface area (Å²) >= 11 is 0. The van der Waals surface area contributed by atoms with Crippen molar-refractivity contribution in [3.63, 3.8) is 0 Å². The number of hydrogen-bond acceptors (Lipinski definition) is 3. The molecule has 2 aromatic rings. The zero-order chi connectivity index (χ0) is 22.2. The summed E-state index contributed by atoms with van der Waals surface area (Å²) in [5.41, 5.74) is 4.62. The van der Waals surface area contributed by atoms with Crippen LogP contribution in [0.4, 0.5) is 4.39 Å². The van der Waals surface area contributed by atoms with Crippen LogP contribution in [0.3, 0.4) is 0 Å². The van der Waals surface area contributed by atoms with Gasteiger partial charge in [-0.05, 0) is 72.3 Å². The second kappa shape index (κ2) is 11.2. The highest BCUT2D eigenvalue weighted by Gasteiger charge is 2.21. The average Bonchev–Trinajstić information content (AvgIpc) is 2.78. The zero-order valence-corrected chi connectivity index (χ0v) is 18.4. The van der Waals surface area contributed by atoms with Gasteiger partial charge in [0.2, 0.25) is 0 Å². The molecule has 2 aromatic carbocycles. The normalized spacial score (nSPS) is 18.5. The third-order valence-electron chi connectivity index (χ3n) is 6.38. The third kappa shape index (κ3) is 6.27. The first-order chi connectivity index (χ1) is 15.0. The van der Waals surface area contributed by atoms with E-state index in [0.717, 1.165) is 47.1 Å². The van der Waals surface area contributed by atoms with E-state index in [4.69, 9.17) is 4.74 Å². The summed E-state index contributed by atoms with van der Waals surface area (Å²) < 4.78 is 20.1. The first kappa shape index (κ1) is 23.2. The van der Waals surface area contributed by atoms with Crippen molar-refractivity contribution < 1.29 is 19.0 Å².